The fourth-order valence-electron chi connectivity index (χ4n) is 2.52. The highest BCUT2D eigenvalue weighted by Gasteiger charge is 2.25. The lowest BCUT2D eigenvalue weighted by Crippen LogP contribution is -2.27. The van der Waals surface area contributed by atoms with Crippen LogP contribution in [0.4, 0.5) is 11.4 Å². The Labute approximate surface area is 162 Å². The normalized spacial score (nSPS) is 13.2. The number of carbonyl (C=O) groups is 2. The summed E-state index contributed by atoms with van der Waals surface area (Å²) in [6.07, 6.45) is 2.02. The molecule has 26 heavy (non-hydrogen) atoms. The number of benzene rings is 2. The summed E-state index contributed by atoms with van der Waals surface area (Å²) in [5, 5.41) is 6.48. The molecule has 0 saturated heterocycles. The van der Waals surface area contributed by atoms with E-state index in [0.717, 1.165) is 18.5 Å². The van der Waals surface area contributed by atoms with Crippen molar-refractivity contribution < 1.29 is 9.59 Å². The van der Waals surface area contributed by atoms with Crippen molar-refractivity contribution in [1.82, 2.24) is 5.32 Å². The van der Waals surface area contributed by atoms with Crippen LogP contribution in [-0.2, 0) is 0 Å². The zero-order valence-corrected chi connectivity index (χ0v) is 16.0. The fraction of sp³-hybridized carbons (Fsp3) is 0.263. The van der Waals surface area contributed by atoms with Gasteiger partial charge in [0.05, 0.1) is 15.6 Å². The Hall–Kier alpha value is -2.24. The third-order valence-corrected chi connectivity index (χ3v) is 4.81. The molecule has 0 radical (unpaired) electrons. The number of halogens is 2. The maximum absolute atomic E-state index is 12.5. The van der Waals surface area contributed by atoms with Gasteiger partial charge in [-0.3, -0.25) is 9.59 Å². The molecule has 1 aliphatic rings. The molecule has 0 unspecified atom stereocenters. The van der Waals surface area contributed by atoms with Gasteiger partial charge in [-0.05, 0) is 49.2 Å². The van der Waals surface area contributed by atoms with Crippen LogP contribution >= 0.6 is 23.2 Å². The summed E-state index contributed by atoms with van der Waals surface area (Å²) in [4.78, 5) is 26.8. The Kier molecular flexibility index (Phi) is 5.39. The van der Waals surface area contributed by atoms with Gasteiger partial charge in [0.15, 0.2) is 0 Å². The monoisotopic (exact) mass is 391 g/mol. The van der Waals surface area contributed by atoms with Crippen LogP contribution in [0.15, 0.2) is 36.4 Å². The summed E-state index contributed by atoms with van der Waals surface area (Å²) in [6, 6.07) is 10.2. The fourth-order valence-corrected chi connectivity index (χ4v) is 2.82. The van der Waals surface area contributed by atoms with Crippen LogP contribution in [-0.4, -0.2) is 32.0 Å². The molecule has 0 atom stereocenters. The largest absolute Gasteiger partial charge is 0.377 e. The SMILES string of the molecule is CN(C)c1ccc(NC(=O)c2ccc(Cl)c(Cl)c2)cc1C(=O)NC1CC1. The van der Waals surface area contributed by atoms with Crippen LogP contribution in [0, 0.1) is 0 Å². The predicted molar refractivity (Wildman–Crippen MR) is 106 cm³/mol. The summed E-state index contributed by atoms with van der Waals surface area (Å²) in [7, 11) is 3.74. The predicted octanol–water partition coefficient (Wildman–Crippen LogP) is 4.20. The minimum atomic E-state index is -0.324. The number of amides is 2. The van der Waals surface area contributed by atoms with Gasteiger partial charge in [0, 0.05) is 37.1 Å². The standard InChI is InChI=1S/C19H19Cl2N3O2/c1-24(2)17-8-6-13(10-14(17)19(26)22-12-4-5-12)23-18(25)11-3-7-15(20)16(21)9-11/h3,6-10,12H,4-5H2,1-2H3,(H,22,26)(H,23,25). The minimum Gasteiger partial charge on any atom is -0.377 e. The van der Waals surface area contributed by atoms with Gasteiger partial charge < -0.3 is 15.5 Å². The van der Waals surface area contributed by atoms with E-state index in [2.05, 4.69) is 10.6 Å². The van der Waals surface area contributed by atoms with Gasteiger partial charge in [0.25, 0.3) is 11.8 Å². The molecular formula is C19H19Cl2N3O2. The van der Waals surface area contributed by atoms with Gasteiger partial charge in [-0.2, -0.15) is 0 Å². The lowest BCUT2D eigenvalue weighted by atomic mass is 10.1. The average Bonchev–Trinajstić information content (AvgIpc) is 3.41. The quantitative estimate of drug-likeness (QED) is 0.802. The lowest BCUT2D eigenvalue weighted by molar-refractivity contribution is 0.0950. The first-order valence-corrected chi connectivity index (χ1v) is 8.99. The zero-order chi connectivity index (χ0) is 18.8. The summed E-state index contributed by atoms with van der Waals surface area (Å²) in [5.41, 5.74) is 2.23. The van der Waals surface area contributed by atoms with E-state index >= 15 is 0 Å². The van der Waals surface area contributed by atoms with Crippen LogP contribution in [0.5, 0.6) is 0 Å². The van der Waals surface area contributed by atoms with Crippen molar-refractivity contribution in [3.05, 3.63) is 57.6 Å². The Morgan fingerprint density at radius 1 is 1.00 bits per heavy atom. The third kappa shape index (κ3) is 4.29. The molecular weight excluding hydrogens is 373 g/mol. The van der Waals surface area contributed by atoms with Gasteiger partial charge in [-0.25, -0.2) is 0 Å². The maximum atomic E-state index is 12.5. The average molecular weight is 392 g/mol. The summed E-state index contributed by atoms with van der Waals surface area (Å²) >= 11 is 11.8. The Morgan fingerprint density at radius 3 is 2.35 bits per heavy atom. The summed E-state index contributed by atoms with van der Waals surface area (Å²) in [6.45, 7) is 0. The number of hydrogen-bond donors (Lipinski definition) is 2. The second kappa shape index (κ2) is 7.56. The molecule has 2 amide bonds. The van der Waals surface area contributed by atoms with E-state index in [1.54, 1.807) is 24.3 Å². The van der Waals surface area contributed by atoms with Crippen LogP contribution in [0.1, 0.15) is 33.6 Å². The van der Waals surface area contributed by atoms with Crippen molar-refractivity contribution in [3.8, 4) is 0 Å². The van der Waals surface area contributed by atoms with E-state index in [1.807, 2.05) is 25.1 Å². The lowest BCUT2D eigenvalue weighted by Gasteiger charge is -2.18. The second-order valence-electron chi connectivity index (χ2n) is 6.46. The van der Waals surface area contributed by atoms with E-state index in [9.17, 15) is 9.59 Å². The van der Waals surface area contributed by atoms with Crippen molar-refractivity contribution >= 4 is 46.4 Å². The smallest absolute Gasteiger partial charge is 0.255 e. The van der Waals surface area contributed by atoms with Crippen molar-refractivity contribution in [2.45, 2.75) is 18.9 Å². The molecule has 0 aromatic heterocycles. The van der Waals surface area contributed by atoms with Gasteiger partial charge in [0.1, 0.15) is 0 Å². The van der Waals surface area contributed by atoms with Crippen molar-refractivity contribution in [1.29, 1.82) is 0 Å². The van der Waals surface area contributed by atoms with Gasteiger partial charge in [-0.15, -0.1) is 0 Å². The second-order valence-corrected chi connectivity index (χ2v) is 7.27. The van der Waals surface area contributed by atoms with E-state index in [0.29, 0.717) is 26.9 Å². The first-order valence-electron chi connectivity index (χ1n) is 8.24. The molecule has 1 fully saturated rings. The van der Waals surface area contributed by atoms with Gasteiger partial charge in [0.2, 0.25) is 0 Å². The van der Waals surface area contributed by atoms with Gasteiger partial charge in [-0.1, -0.05) is 23.2 Å². The van der Waals surface area contributed by atoms with Crippen LogP contribution in [0.3, 0.4) is 0 Å². The molecule has 1 saturated carbocycles. The van der Waals surface area contributed by atoms with E-state index in [4.69, 9.17) is 23.2 Å². The minimum absolute atomic E-state index is 0.137. The zero-order valence-electron chi connectivity index (χ0n) is 14.5. The van der Waals surface area contributed by atoms with Crippen molar-refractivity contribution in [3.63, 3.8) is 0 Å². The van der Waals surface area contributed by atoms with Crippen LogP contribution in [0.25, 0.3) is 0 Å². The Bertz CT molecular complexity index is 864. The van der Waals surface area contributed by atoms with Crippen molar-refractivity contribution in [2.24, 2.45) is 0 Å². The van der Waals surface area contributed by atoms with E-state index < -0.39 is 0 Å². The molecule has 3 rings (SSSR count). The van der Waals surface area contributed by atoms with E-state index in [-0.39, 0.29) is 17.9 Å². The molecule has 2 aromatic carbocycles. The van der Waals surface area contributed by atoms with Crippen molar-refractivity contribution in [2.75, 3.05) is 24.3 Å². The molecule has 2 N–H and O–H groups in total. The molecule has 0 bridgehead atoms. The topological polar surface area (TPSA) is 61.4 Å². The molecule has 136 valence electrons. The molecule has 0 aliphatic heterocycles. The van der Waals surface area contributed by atoms with E-state index in [1.165, 1.54) is 6.07 Å². The highest BCUT2D eigenvalue weighted by atomic mass is 35.5. The Balaban J connectivity index is 1.83. The highest BCUT2D eigenvalue weighted by Crippen LogP contribution is 2.27. The number of nitrogens with zero attached hydrogens (tertiary/aromatic N) is 1. The maximum Gasteiger partial charge on any atom is 0.255 e. The molecule has 0 heterocycles. The molecule has 1 aliphatic carbocycles. The first kappa shape index (κ1) is 18.5. The molecule has 0 spiro atoms. The van der Waals surface area contributed by atoms with Crippen LogP contribution in [0.2, 0.25) is 10.0 Å². The first-order chi connectivity index (χ1) is 12.3. The molecule has 2 aromatic rings. The van der Waals surface area contributed by atoms with Crippen LogP contribution < -0.4 is 15.5 Å². The highest BCUT2D eigenvalue weighted by molar-refractivity contribution is 6.42. The molecule has 5 nitrogen and oxygen atoms in total. The number of rotatable bonds is 5. The Morgan fingerprint density at radius 2 is 1.73 bits per heavy atom. The number of carbonyl (C=O) groups excluding carboxylic acids is 2. The number of hydrogen-bond acceptors (Lipinski definition) is 3. The third-order valence-electron chi connectivity index (χ3n) is 4.08. The number of anilines is 2. The van der Waals surface area contributed by atoms with Gasteiger partial charge >= 0.3 is 0 Å². The molecule has 7 heteroatoms. The summed E-state index contributed by atoms with van der Waals surface area (Å²) in [5.74, 6) is -0.462. The number of nitrogens with one attached hydrogen (secondary N) is 2. The summed E-state index contributed by atoms with van der Waals surface area (Å²) < 4.78 is 0.